The number of anilines is 1. The van der Waals surface area contributed by atoms with Gasteiger partial charge >= 0.3 is 6.03 Å². The Bertz CT molecular complexity index is 460. The number of nitrogens with zero attached hydrogens (tertiary/aromatic N) is 2. The molecule has 0 aliphatic carbocycles. The average molecular weight is 251 g/mol. The number of nitro benzene ring substituents is 1. The van der Waals surface area contributed by atoms with E-state index in [1.807, 2.05) is 0 Å². The van der Waals surface area contributed by atoms with Gasteiger partial charge in [0.2, 0.25) is 0 Å². The number of nitrogens with one attached hydrogen (secondary N) is 1. The lowest BCUT2D eigenvalue weighted by molar-refractivity contribution is -0.384. The second kappa shape index (κ2) is 5.01. The highest BCUT2D eigenvalue weighted by Gasteiger charge is 2.24. The van der Waals surface area contributed by atoms with E-state index >= 15 is 0 Å². The van der Waals surface area contributed by atoms with Gasteiger partial charge in [0.1, 0.15) is 0 Å². The summed E-state index contributed by atoms with van der Waals surface area (Å²) in [6.45, 7) is 0.832. The second-order valence-corrected chi connectivity index (χ2v) is 4.12. The third-order valence-corrected chi connectivity index (χ3v) is 2.78. The lowest BCUT2D eigenvalue weighted by Crippen LogP contribution is -2.33. The fourth-order valence-electron chi connectivity index (χ4n) is 1.80. The minimum absolute atomic E-state index is 0.0235. The van der Waals surface area contributed by atoms with Crippen molar-refractivity contribution in [1.29, 1.82) is 0 Å². The van der Waals surface area contributed by atoms with Gasteiger partial charge in [-0.3, -0.25) is 10.1 Å². The molecular formula is C11H13N3O4. The highest BCUT2D eigenvalue weighted by molar-refractivity contribution is 5.89. The Morgan fingerprint density at radius 1 is 1.44 bits per heavy atom. The lowest BCUT2D eigenvalue weighted by atomic mass is 10.3. The molecule has 1 fully saturated rings. The van der Waals surface area contributed by atoms with E-state index in [-0.39, 0.29) is 11.7 Å². The summed E-state index contributed by atoms with van der Waals surface area (Å²) in [4.78, 5) is 23.2. The van der Waals surface area contributed by atoms with E-state index in [2.05, 4.69) is 5.32 Å². The Kier molecular flexibility index (Phi) is 3.42. The molecule has 7 heteroatoms. The van der Waals surface area contributed by atoms with Crippen LogP contribution < -0.4 is 5.32 Å². The van der Waals surface area contributed by atoms with Gasteiger partial charge in [-0.15, -0.1) is 0 Å². The molecule has 0 aromatic heterocycles. The molecule has 1 aromatic carbocycles. The number of hydrogen-bond donors (Lipinski definition) is 2. The quantitative estimate of drug-likeness (QED) is 0.609. The molecule has 1 atom stereocenters. The van der Waals surface area contributed by atoms with Crippen molar-refractivity contribution in [3.8, 4) is 0 Å². The number of aliphatic hydroxyl groups excluding tert-OH is 1. The number of urea groups is 1. The molecule has 0 bridgehead atoms. The third kappa shape index (κ3) is 2.75. The van der Waals surface area contributed by atoms with Gasteiger partial charge in [-0.1, -0.05) is 0 Å². The van der Waals surface area contributed by atoms with Gasteiger partial charge < -0.3 is 15.3 Å². The summed E-state index contributed by atoms with van der Waals surface area (Å²) < 4.78 is 0. The number of non-ortho nitro benzene ring substituents is 1. The Morgan fingerprint density at radius 2 is 2.11 bits per heavy atom. The zero-order chi connectivity index (χ0) is 13.1. The van der Waals surface area contributed by atoms with E-state index in [0.717, 1.165) is 0 Å². The molecular weight excluding hydrogens is 238 g/mol. The average Bonchev–Trinajstić information content (AvgIpc) is 2.76. The molecule has 1 aliphatic rings. The van der Waals surface area contributed by atoms with E-state index < -0.39 is 11.0 Å². The molecule has 2 N–H and O–H groups in total. The minimum Gasteiger partial charge on any atom is -0.391 e. The topological polar surface area (TPSA) is 95.7 Å². The molecule has 1 saturated heterocycles. The molecule has 7 nitrogen and oxygen atoms in total. The Morgan fingerprint density at radius 3 is 2.61 bits per heavy atom. The van der Waals surface area contributed by atoms with Crippen LogP contribution in [-0.2, 0) is 0 Å². The third-order valence-electron chi connectivity index (χ3n) is 2.78. The minimum atomic E-state index is -0.498. The van der Waals surface area contributed by atoms with Gasteiger partial charge in [-0.2, -0.15) is 0 Å². The number of rotatable bonds is 2. The zero-order valence-electron chi connectivity index (χ0n) is 9.57. The molecule has 1 aliphatic heterocycles. The first-order valence-corrected chi connectivity index (χ1v) is 5.55. The summed E-state index contributed by atoms with van der Waals surface area (Å²) in [7, 11) is 0. The van der Waals surface area contributed by atoms with Crippen molar-refractivity contribution in [2.45, 2.75) is 12.5 Å². The van der Waals surface area contributed by atoms with Crippen molar-refractivity contribution in [3.05, 3.63) is 34.4 Å². The van der Waals surface area contributed by atoms with Gasteiger partial charge in [0, 0.05) is 30.9 Å². The predicted octanol–water partition coefficient (Wildman–Crippen LogP) is 1.19. The van der Waals surface area contributed by atoms with Crippen LogP contribution in [0.15, 0.2) is 24.3 Å². The van der Waals surface area contributed by atoms with Crippen molar-refractivity contribution in [3.63, 3.8) is 0 Å². The van der Waals surface area contributed by atoms with Gasteiger partial charge in [-0.25, -0.2) is 4.79 Å². The van der Waals surface area contributed by atoms with Crippen LogP contribution in [0, 0.1) is 10.1 Å². The van der Waals surface area contributed by atoms with E-state index in [1.165, 1.54) is 29.2 Å². The number of aliphatic hydroxyl groups is 1. The molecule has 1 heterocycles. The maximum atomic E-state index is 11.7. The molecule has 1 aromatic rings. The number of amides is 2. The lowest BCUT2D eigenvalue weighted by Gasteiger charge is -2.16. The van der Waals surface area contributed by atoms with Crippen LogP contribution in [0.3, 0.4) is 0 Å². The van der Waals surface area contributed by atoms with E-state index in [0.29, 0.717) is 25.2 Å². The fraction of sp³-hybridized carbons (Fsp3) is 0.364. The molecule has 0 unspecified atom stereocenters. The smallest absolute Gasteiger partial charge is 0.321 e. The number of carbonyl (C=O) groups is 1. The number of carbonyl (C=O) groups excluding carboxylic acids is 1. The standard InChI is InChI=1S/C11H13N3O4/c15-10-5-6-13(7-10)11(16)12-8-1-3-9(4-2-8)14(17)18/h1-4,10,15H,5-7H2,(H,12,16)/t10-/m1/s1. The van der Waals surface area contributed by atoms with Gasteiger partial charge in [-0.05, 0) is 18.6 Å². The first kappa shape index (κ1) is 12.3. The molecule has 0 radical (unpaired) electrons. The van der Waals surface area contributed by atoms with Crippen LogP contribution in [-0.4, -0.2) is 40.2 Å². The van der Waals surface area contributed by atoms with Crippen LogP contribution in [0.25, 0.3) is 0 Å². The predicted molar refractivity (Wildman–Crippen MR) is 64.3 cm³/mol. The summed E-state index contributed by atoms with van der Waals surface area (Å²) in [5, 5.41) is 22.4. The maximum Gasteiger partial charge on any atom is 0.321 e. The first-order valence-electron chi connectivity index (χ1n) is 5.55. The molecule has 0 spiro atoms. The van der Waals surface area contributed by atoms with Gasteiger partial charge in [0.05, 0.1) is 11.0 Å². The van der Waals surface area contributed by atoms with E-state index in [1.54, 1.807) is 0 Å². The molecule has 0 saturated carbocycles. The van der Waals surface area contributed by atoms with Crippen LogP contribution in [0.5, 0.6) is 0 Å². The largest absolute Gasteiger partial charge is 0.391 e. The van der Waals surface area contributed by atoms with Crippen molar-refractivity contribution in [1.82, 2.24) is 4.90 Å². The molecule has 18 heavy (non-hydrogen) atoms. The fourth-order valence-corrected chi connectivity index (χ4v) is 1.80. The summed E-state index contributed by atoms with van der Waals surface area (Å²) in [5.74, 6) is 0. The van der Waals surface area contributed by atoms with Crippen LogP contribution in [0.1, 0.15) is 6.42 Å². The van der Waals surface area contributed by atoms with Crippen molar-refractivity contribution in [2.75, 3.05) is 18.4 Å². The van der Waals surface area contributed by atoms with Gasteiger partial charge in [0.15, 0.2) is 0 Å². The van der Waals surface area contributed by atoms with Crippen molar-refractivity contribution in [2.24, 2.45) is 0 Å². The summed E-state index contributed by atoms with van der Waals surface area (Å²) >= 11 is 0. The van der Waals surface area contributed by atoms with Crippen LogP contribution in [0.4, 0.5) is 16.2 Å². The molecule has 2 amide bonds. The summed E-state index contributed by atoms with van der Waals surface area (Å²) in [6.07, 6.45) is 0.112. The Hall–Kier alpha value is -2.15. The van der Waals surface area contributed by atoms with Crippen molar-refractivity contribution < 1.29 is 14.8 Å². The number of nitro groups is 1. The second-order valence-electron chi connectivity index (χ2n) is 4.12. The normalized spacial score (nSPS) is 18.7. The molecule has 96 valence electrons. The zero-order valence-corrected chi connectivity index (χ0v) is 9.57. The van der Waals surface area contributed by atoms with Crippen LogP contribution >= 0.6 is 0 Å². The summed E-state index contributed by atoms with van der Waals surface area (Å²) in [5.41, 5.74) is 0.469. The van der Waals surface area contributed by atoms with E-state index in [4.69, 9.17) is 0 Å². The van der Waals surface area contributed by atoms with E-state index in [9.17, 15) is 20.0 Å². The van der Waals surface area contributed by atoms with Gasteiger partial charge in [0.25, 0.3) is 5.69 Å². The van der Waals surface area contributed by atoms with Crippen molar-refractivity contribution >= 4 is 17.4 Å². The Balaban J connectivity index is 1.97. The Labute approximate surface area is 103 Å². The highest BCUT2D eigenvalue weighted by atomic mass is 16.6. The maximum absolute atomic E-state index is 11.7. The highest BCUT2D eigenvalue weighted by Crippen LogP contribution is 2.17. The SMILES string of the molecule is O=C(Nc1ccc([N+](=O)[O-])cc1)N1CC[C@@H](O)C1. The monoisotopic (exact) mass is 251 g/mol. The number of likely N-dealkylation sites (tertiary alicyclic amines) is 1. The number of hydrogen-bond acceptors (Lipinski definition) is 4. The number of benzene rings is 1. The summed E-state index contributed by atoms with van der Waals surface area (Å²) in [6, 6.07) is 5.30. The number of β-amino-alcohol motifs (C(OH)–C–C–N with tert-alkyl or cyclic N) is 1. The van der Waals surface area contributed by atoms with Crippen LogP contribution in [0.2, 0.25) is 0 Å². The first-order chi connectivity index (χ1) is 8.56. The molecule has 2 rings (SSSR count).